The van der Waals surface area contributed by atoms with Crippen molar-refractivity contribution in [1.82, 2.24) is 14.5 Å². The minimum Gasteiger partial charge on any atom is -0.489 e. The summed E-state index contributed by atoms with van der Waals surface area (Å²) < 4.78 is 7.77. The molecule has 1 atom stereocenters. The van der Waals surface area contributed by atoms with Crippen LogP contribution in [0.1, 0.15) is 23.3 Å². The van der Waals surface area contributed by atoms with Gasteiger partial charge in [0.2, 0.25) is 11.0 Å². The van der Waals surface area contributed by atoms with Gasteiger partial charge < -0.3 is 19.4 Å². The summed E-state index contributed by atoms with van der Waals surface area (Å²) in [4.78, 5) is 42.7. The smallest absolute Gasteiger partial charge is 0.341 e. The Morgan fingerprint density at radius 3 is 2.90 bits per heavy atom. The van der Waals surface area contributed by atoms with Gasteiger partial charge in [-0.1, -0.05) is 0 Å². The van der Waals surface area contributed by atoms with Crippen molar-refractivity contribution in [1.29, 1.82) is 0 Å². The van der Waals surface area contributed by atoms with Crippen LogP contribution in [-0.2, 0) is 0 Å². The summed E-state index contributed by atoms with van der Waals surface area (Å²) in [5.74, 6) is -0.738. The molecule has 0 saturated heterocycles. The maximum Gasteiger partial charge on any atom is 0.341 e. The Kier molecular flexibility index (Phi) is 3.57. The lowest BCUT2D eigenvalue weighted by Gasteiger charge is -2.28. The van der Waals surface area contributed by atoms with E-state index in [1.54, 1.807) is 29.0 Å². The van der Waals surface area contributed by atoms with Gasteiger partial charge in [-0.05, 0) is 31.2 Å². The lowest BCUT2D eigenvalue weighted by molar-refractivity contribution is 0.0694. The van der Waals surface area contributed by atoms with Crippen molar-refractivity contribution in [3.8, 4) is 16.9 Å². The number of carboxylic acid groups (broad SMARTS) is 1. The van der Waals surface area contributed by atoms with Crippen LogP contribution in [0.4, 0.5) is 0 Å². The van der Waals surface area contributed by atoms with E-state index >= 15 is 0 Å². The molecular formula is C21H15N3O5. The molecule has 0 saturated carbocycles. The van der Waals surface area contributed by atoms with E-state index in [9.17, 15) is 19.5 Å². The fourth-order valence-corrected chi connectivity index (χ4v) is 3.76. The second-order valence-corrected chi connectivity index (χ2v) is 7.07. The van der Waals surface area contributed by atoms with Gasteiger partial charge in [0.1, 0.15) is 17.8 Å². The van der Waals surface area contributed by atoms with Crippen LogP contribution in [0.25, 0.3) is 33.1 Å². The molecule has 2 N–H and O–H groups in total. The average molecular weight is 389 g/mol. The highest BCUT2D eigenvalue weighted by Gasteiger charge is 2.26. The quantitative estimate of drug-likeness (QED) is 0.545. The number of rotatable bonds is 2. The van der Waals surface area contributed by atoms with Gasteiger partial charge in [-0.15, -0.1) is 0 Å². The van der Waals surface area contributed by atoms with Crippen LogP contribution in [0.3, 0.4) is 0 Å². The van der Waals surface area contributed by atoms with Gasteiger partial charge in [0.25, 0.3) is 0 Å². The van der Waals surface area contributed by atoms with Crippen molar-refractivity contribution in [2.45, 2.75) is 13.0 Å². The Morgan fingerprint density at radius 2 is 2.10 bits per heavy atom. The number of benzene rings is 1. The maximum atomic E-state index is 12.7. The number of carbonyl (C=O) groups is 1. The fourth-order valence-electron chi connectivity index (χ4n) is 3.76. The van der Waals surface area contributed by atoms with E-state index in [1.165, 1.54) is 12.3 Å². The van der Waals surface area contributed by atoms with Crippen molar-refractivity contribution >= 4 is 27.9 Å². The number of nitrogens with zero attached hydrogens (tertiary/aromatic N) is 2. The Bertz CT molecular complexity index is 1450. The normalized spacial score (nSPS) is 15.4. The first-order valence-electron chi connectivity index (χ1n) is 9.01. The van der Waals surface area contributed by atoms with E-state index in [0.29, 0.717) is 28.9 Å². The number of aromatic amines is 1. The molecule has 0 bridgehead atoms. The van der Waals surface area contributed by atoms with E-state index in [1.807, 2.05) is 13.0 Å². The van der Waals surface area contributed by atoms with Crippen LogP contribution < -0.4 is 15.7 Å². The fraction of sp³-hybridized carbons (Fsp3) is 0.143. The molecule has 8 nitrogen and oxygen atoms in total. The van der Waals surface area contributed by atoms with E-state index < -0.39 is 11.4 Å². The summed E-state index contributed by atoms with van der Waals surface area (Å²) in [7, 11) is 0. The van der Waals surface area contributed by atoms with Gasteiger partial charge in [0.05, 0.1) is 16.9 Å². The Labute approximate surface area is 163 Å². The first-order valence-corrected chi connectivity index (χ1v) is 9.01. The molecule has 5 rings (SSSR count). The number of pyridine rings is 3. The van der Waals surface area contributed by atoms with Gasteiger partial charge in [0, 0.05) is 35.0 Å². The molecule has 0 radical (unpaired) electrons. The van der Waals surface area contributed by atoms with E-state index in [0.717, 1.165) is 16.5 Å². The molecule has 0 aliphatic carbocycles. The lowest BCUT2D eigenvalue weighted by Crippen LogP contribution is -2.26. The molecule has 8 heteroatoms. The number of nitrogens with one attached hydrogen (secondary N) is 1. The molecule has 4 aromatic rings. The summed E-state index contributed by atoms with van der Waals surface area (Å²) >= 11 is 0. The van der Waals surface area contributed by atoms with Crippen LogP contribution in [0.15, 0.2) is 52.3 Å². The second kappa shape index (κ2) is 6.03. The van der Waals surface area contributed by atoms with Crippen molar-refractivity contribution < 1.29 is 14.6 Å². The van der Waals surface area contributed by atoms with Gasteiger partial charge in [-0.3, -0.25) is 9.59 Å². The van der Waals surface area contributed by atoms with Crippen molar-refractivity contribution in [3.05, 3.63) is 68.9 Å². The number of fused-ring (bicyclic) bond motifs is 1. The Morgan fingerprint density at radius 1 is 1.28 bits per heavy atom. The highest BCUT2D eigenvalue weighted by atomic mass is 16.5. The van der Waals surface area contributed by atoms with Crippen LogP contribution >= 0.6 is 0 Å². The molecule has 4 heterocycles. The minimum atomic E-state index is -1.25. The van der Waals surface area contributed by atoms with E-state index in [2.05, 4.69) is 9.97 Å². The largest absolute Gasteiger partial charge is 0.489 e. The SMILES string of the molecule is CC1COc2c(-c3cnc4[nH]c(=O)ccc4c3)ccc3c(=O)c(C(=O)O)cn1c23. The van der Waals surface area contributed by atoms with E-state index in [4.69, 9.17) is 4.74 Å². The zero-order chi connectivity index (χ0) is 20.3. The molecule has 1 aliphatic rings. The first kappa shape index (κ1) is 17.2. The third-order valence-corrected chi connectivity index (χ3v) is 5.21. The first-order chi connectivity index (χ1) is 13.9. The molecule has 3 aromatic heterocycles. The zero-order valence-corrected chi connectivity index (χ0v) is 15.3. The lowest BCUT2D eigenvalue weighted by atomic mass is 10.00. The third-order valence-electron chi connectivity index (χ3n) is 5.21. The molecule has 0 amide bonds. The summed E-state index contributed by atoms with van der Waals surface area (Å²) in [5, 5.41) is 10.5. The highest BCUT2D eigenvalue weighted by Crippen LogP contribution is 2.40. The molecular weight excluding hydrogens is 374 g/mol. The van der Waals surface area contributed by atoms with Crippen LogP contribution in [0.5, 0.6) is 5.75 Å². The zero-order valence-electron chi connectivity index (χ0n) is 15.3. The summed E-state index contributed by atoms with van der Waals surface area (Å²) in [6.45, 7) is 2.24. The van der Waals surface area contributed by atoms with Gasteiger partial charge in [-0.25, -0.2) is 9.78 Å². The second-order valence-electron chi connectivity index (χ2n) is 7.07. The summed E-state index contributed by atoms with van der Waals surface area (Å²) in [6.07, 6.45) is 3.02. The molecule has 144 valence electrons. The van der Waals surface area contributed by atoms with Gasteiger partial charge >= 0.3 is 5.97 Å². The standard InChI is InChI=1S/C21H15N3O5/c1-10-9-29-19-13(12-6-11-2-5-16(25)23-20(11)22-7-12)3-4-14-17(19)24(10)8-15(18(14)26)21(27)28/h2-8,10H,9H2,1H3,(H,27,28)(H,22,23,25). The maximum absolute atomic E-state index is 12.7. The Balaban J connectivity index is 1.82. The number of hydrogen-bond acceptors (Lipinski definition) is 5. The highest BCUT2D eigenvalue weighted by molar-refractivity contribution is 5.98. The number of ether oxygens (including phenoxy) is 1. The number of H-pyrrole nitrogens is 1. The Hall–Kier alpha value is -3.94. The molecule has 0 fully saturated rings. The molecule has 1 aliphatic heterocycles. The topological polar surface area (TPSA) is 114 Å². The van der Waals surface area contributed by atoms with Crippen LogP contribution in [0, 0.1) is 0 Å². The monoisotopic (exact) mass is 389 g/mol. The van der Waals surface area contributed by atoms with Crippen LogP contribution in [0.2, 0.25) is 0 Å². The molecule has 1 aromatic carbocycles. The summed E-state index contributed by atoms with van der Waals surface area (Å²) in [5.41, 5.74) is 1.52. The third kappa shape index (κ3) is 2.53. The van der Waals surface area contributed by atoms with Gasteiger partial charge in [0.15, 0.2) is 5.75 Å². The predicted octanol–water partition coefficient (Wildman–Crippen LogP) is 2.56. The molecule has 1 unspecified atom stereocenters. The van der Waals surface area contributed by atoms with Crippen molar-refractivity contribution in [2.24, 2.45) is 0 Å². The van der Waals surface area contributed by atoms with Gasteiger partial charge in [-0.2, -0.15) is 0 Å². The van der Waals surface area contributed by atoms with Crippen molar-refractivity contribution in [2.75, 3.05) is 6.61 Å². The number of aromatic carboxylic acids is 1. The van der Waals surface area contributed by atoms with Crippen LogP contribution in [-0.4, -0.2) is 32.2 Å². The number of aromatic nitrogens is 3. The minimum absolute atomic E-state index is 0.126. The molecule has 29 heavy (non-hydrogen) atoms. The summed E-state index contributed by atoms with van der Waals surface area (Å²) in [6, 6.07) is 8.23. The average Bonchev–Trinajstić information content (AvgIpc) is 2.71. The molecule has 0 spiro atoms. The number of carboxylic acids is 1. The number of hydrogen-bond donors (Lipinski definition) is 2. The van der Waals surface area contributed by atoms with Crippen molar-refractivity contribution in [3.63, 3.8) is 0 Å². The predicted molar refractivity (Wildman–Crippen MR) is 107 cm³/mol. The van der Waals surface area contributed by atoms with E-state index in [-0.39, 0.29) is 17.2 Å².